The lowest BCUT2D eigenvalue weighted by Gasteiger charge is -2.18. The Balaban J connectivity index is 2.25. The van der Waals surface area contributed by atoms with Crippen molar-refractivity contribution in [1.82, 2.24) is 0 Å². The van der Waals surface area contributed by atoms with Crippen molar-refractivity contribution in [1.29, 1.82) is 0 Å². The van der Waals surface area contributed by atoms with Crippen LogP contribution < -0.4 is 4.74 Å². The Hall–Kier alpha value is -1.27. The molecule has 1 aromatic rings. The van der Waals surface area contributed by atoms with Crippen molar-refractivity contribution in [2.45, 2.75) is 25.1 Å². The van der Waals surface area contributed by atoms with E-state index in [1.807, 2.05) is 0 Å². The summed E-state index contributed by atoms with van der Waals surface area (Å²) < 4.78 is 49.3. The molecule has 0 aromatic heterocycles. The number of aliphatic hydroxyl groups excluding tert-OH is 1. The van der Waals surface area contributed by atoms with Gasteiger partial charge in [0.2, 0.25) is 0 Å². The molecule has 0 saturated carbocycles. The third kappa shape index (κ3) is 3.61. The molecule has 0 amide bonds. The Morgan fingerprint density at radius 1 is 1.37 bits per heavy atom. The smallest absolute Gasteiger partial charge is 0.419 e. The van der Waals surface area contributed by atoms with Gasteiger partial charge >= 0.3 is 6.18 Å². The van der Waals surface area contributed by atoms with Crippen LogP contribution in [0.2, 0.25) is 0 Å². The van der Waals surface area contributed by atoms with Crippen molar-refractivity contribution < 1.29 is 27.8 Å². The number of aliphatic hydroxyl groups is 1. The van der Waals surface area contributed by atoms with Gasteiger partial charge in [-0.1, -0.05) is 6.07 Å². The highest BCUT2D eigenvalue weighted by Gasteiger charge is 2.35. The molecule has 3 nitrogen and oxygen atoms in total. The van der Waals surface area contributed by atoms with Crippen LogP contribution in [-0.2, 0) is 17.3 Å². The highest BCUT2D eigenvalue weighted by molar-refractivity contribution is 5.39. The summed E-state index contributed by atoms with van der Waals surface area (Å²) in [6, 6.07) is 3.88. The highest BCUT2D eigenvalue weighted by Crippen LogP contribution is 2.37. The number of benzene rings is 1. The fourth-order valence-electron chi connectivity index (χ4n) is 1.97. The van der Waals surface area contributed by atoms with Gasteiger partial charge in [-0.3, -0.25) is 0 Å². The van der Waals surface area contributed by atoms with E-state index in [4.69, 9.17) is 14.6 Å². The molecule has 1 saturated heterocycles. The van der Waals surface area contributed by atoms with Gasteiger partial charge in [0.05, 0.1) is 18.8 Å². The third-order valence-electron chi connectivity index (χ3n) is 2.93. The van der Waals surface area contributed by atoms with Crippen molar-refractivity contribution >= 4 is 0 Å². The first-order valence-electron chi connectivity index (χ1n) is 6.06. The quantitative estimate of drug-likeness (QED) is 0.917. The minimum atomic E-state index is -4.47. The average molecular weight is 276 g/mol. The van der Waals surface area contributed by atoms with Crippen LogP contribution in [0.3, 0.4) is 0 Å². The lowest BCUT2D eigenvalue weighted by atomic mass is 10.1. The molecule has 0 spiro atoms. The number of hydrogen-bond donors (Lipinski definition) is 1. The maximum atomic E-state index is 13.0. The normalized spacial score (nSPS) is 19.7. The zero-order valence-corrected chi connectivity index (χ0v) is 10.2. The maximum Gasteiger partial charge on any atom is 0.419 e. The van der Waals surface area contributed by atoms with Crippen LogP contribution in [0.15, 0.2) is 18.2 Å². The van der Waals surface area contributed by atoms with Crippen LogP contribution in [0, 0.1) is 0 Å². The Morgan fingerprint density at radius 3 is 2.74 bits per heavy atom. The Kier molecular flexibility index (Phi) is 4.31. The topological polar surface area (TPSA) is 38.7 Å². The highest BCUT2D eigenvalue weighted by atomic mass is 19.4. The van der Waals surface area contributed by atoms with Crippen LogP contribution in [0.1, 0.15) is 17.5 Å². The standard InChI is InChI=1S/C13H15F3O3/c14-13(15,16)11-7-9(3-5-17)1-2-12(11)19-10-4-6-18-8-10/h1-2,7,10,17H,3-6,8H2. The number of halogens is 3. The molecule has 1 atom stereocenters. The summed E-state index contributed by atoms with van der Waals surface area (Å²) in [5, 5.41) is 8.78. The second kappa shape index (κ2) is 5.79. The zero-order valence-electron chi connectivity index (χ0n) is 10.2. The Morgan fingerprint density at radius 2 is 2.16 bits per heavy atom. The van der Waals surface area contributed by atoms with E-state index in [-0.39, 0.29) is 24.9 Å². The van der Waals surface area contributed by atoms with Gasteiger partial charge in [0.1, 0.15) is 11.9 Å². The number of rotatable bonds is 4. The summed E-state index contributed by atoms with van der Waals surface area (Å²) in [6.07, 6.45) is -4.02. The van der Waals surface area contributed by atoms with E-state index in [2.05, 4.69) is 0 Å². The van der Waals surface area contributed by atoms with Crippen LogP contribution >= 0.6 is 0 Å². The fraction of sp³-hybridized carbons (Fsp3) is 0.538. The predicted octanol–water partition coefficient (Wildman–Crippen LogP) is 2.41. The molecule has 1 fully saturated rings. The zero-order chi connectivity index (χ0) is 13.9. The van der Waals surface area contributed by atoms with E-state index in [0.29, 0.717) is 25.2 Å². The van der Waals surface area contributed by atoms with Gasteiger partial charge in [0, 0.05) is 13.0 Å². The van der Waals surface area contributed by atoms with Crippen molar-refractivity contribution in [3.05, 3.63) is 29.3 Å². The Labute approximate surface area is 108 Å². The molecule has 106 valence electrons. The van der Waals surface area contributed by atoms with Gasteiger partial charge in [0.15, 0.2) is 0 Å². The summed E-state index contributed by atoms with van der Waals surface area (Å²) in [4.78, 5) is 0. The monoisotopic (exact) mass is 276 g/mol. The van der Waals surface area contributed by atoms with Gasteiger partial charge in [-0.05, 0) is 24.1 Å². The van der Waals surface area contributed by atoms with E-state index < -0.39 is 11.7 Å². The molecule has 2 rings (SSSR count). The molecule has 1 aliphatic rings. The summed E-state index contributed by atoms with van der Waals surface area (Å²) in [5.41, 5.74) is -0.366. The minimum absolute atomic E-state index is 0.176. The van der Waals surface area contributed by atoms with Gasteiger partial charge in [-0.25, -0.2) is 0 Å². The van der Waals surface area contributed by atoms with Crippen LogP contribution in [0.25, 0.3) is 0 Å². The van der Waals surface area contributed by atoms with Crippen molar-refractivity contribution in [3.8, 4) is 5.75 Å². The van der Waals surface area contributed by atoms with Crippen LogP contribution in [0.4, 0.5) is 13.2 Å². The van der Waals surface area contributed by atoms with Gasteiger partial charge in [-0.2, -0.15) is 13.2 Å². The second-order valence-electron chi connectivity index (χ2n) is 4.41. The number of ether oxygens (including phenoxy) is 2. The molecule has 1 N–H and O–H groups in total. The predicted molar refractivity (Wildman–Crippen MR) is 62.1 cm³/mol. The van der Waals surface area contributed by atoms with Gasteiger partial charge < -0.3 is 14.6 Å². The van der Waals surface area contributed by atoms with Crippen LogP contribution in [0.5, 0.6) is 5.75 Å². The fourth-order valence-corrected chi connectivity index (χ4v) is 1.97. The molecule has 1 aromatic carbocycles. The van der Waals surface area contributed by atoms with E-state index >= 15 is 0 Å². The van der Waals surface area contributed by atoms with Gasteiger partial charge in [-0.15, -0.1) is 0 Å². The lowest BCUT2D eigenvalue weighted by Crippen LogP contribution is -2.19. The second-order valence-corrected chi connectivity index (χ2v) is 4.41. The third-order valence-corrected chi connectivity index (χ3v) is 2.93. The Bertz CT molecular complexity index is 426. The van der Waals surface area contributed by atoms with Crippen molar-refractivity contribution in [2.24, 2.45) is 0 Å². The summed E-state index contributed by atoms with van der Waals surface area (Å²) in [5.74, 6) is -0.176. The lowest BCUT2D eigenvalue weighted by molar-refractivity contribution is -0.139. The average Bonchev–Trinajstić information content (AvgIpc) is 2.83. The molecule has 19 heavy (non-hydrogen) atoms. The van der Waals surface area contributed by atoms with Crippen molar-refractivity contribution in [3.63, 3.8) is 0 Å². The molecule has 0 bridgehead atoms. The molecular weight excluding hydrogens is 261 g/mol. The molecule has 1 aliphatic heterocycles. The number of hydrogen-bond acceptors (Lipinski definition) is 3. The number of alkyl halides is 3. The van der Waals surface area contributed by atoms with E-state index in [9.17, 15) is 13.2 Å². The first kappa shape index (κ1) is 14.1. The summed E-state index contributed by atoms with van der Waals surface area (Å²) in [6.45, 7) is 0.637. The van der Waals surface area contributed by atoms with E-state index in [1.165, 1.54) is 12.1 Å². The molecule has 6 heteroatoms. The first-order chi connectivity index (χ1) is 9.00. The maximum absolute atomic E-state index is 13.0. The first-order valence-corrected chi connectivity index (χ1v) is 6.06. The molecule has 1 heterocycles. The summed E-state index contributed by atoms with van der Waals surface area (Å²) >= 11 is 0. The van der Waals surface area contributed by atoms with Gasteiger partial charge in [0.25, 0.3) is 0 Å². The molecule has 0 aliphatic carbocycles. The SMILES string of the molecule is OCCc1ccc(OC2CCOC2)c(C(F)(F)F)c1. The van der Waals surface area contributed by atoms with Crippen LogP contribution in [-0.4, -0.2) is 31.0 Å². The molecule has 1 unspecified atom stereocenters. The van der Waals surface area contributed by atoms with E-state index in [1.54, 1.807) is 0 Å². The van der Waals surface area contributed by atoms with Crippen molar-refractivity contribution in [2.75, 3.05) is 19.8 Å². The molecule has 0 radical (unpaired) electrons. The summed E-state index contributed by atoms with van der Waals surface area (Å²) in [7, 11) is 0. The van der Waals surface area contributed by atoms with E-state index in [0.717, 1.165) is 6.07 Å². The molecular formula is C13H15F3O3. The minimum Gasteiger partial charge on any atom is -0.487 e. The largest absolute Gasteiger partial charge is 0.487 e.